The number of benzene rings is 1. The fraction of sp³-hybridized carbons (Fsp3) is 0.0769. The molecule has 2 amide bonds. The molecule has 1 aromatic heterocycles. The van der Waals surface area contributed by atoms with Crippen molar-refractivity contribution in [3.05, 3.63) is 36.1 Å². The minimum absolute atomic E-state index is 0.291. The predicted octanol–water partition coefficient (Wildman–Crippen LogP) is 1.48. The third-order valence-corrected chi connectivity index (χ3v) is 2.81. The van der Waals surface area contributed by atoms with Crippen molar-refractivity contribution in [2.75, 3.05) is 7.11 Å². The van der Waals surface area contributed by atoms with Crippen LogP contribution >= 0.6 is 0 Å². The Labute approximate surface area is 102 Å². The lowest BCUT2D eigenvalue weighted by atomic mass is 10.0. The van der Waals surface area contributed by atoms with E-state index in [0.717, 1.165) is 5.39 Å². The number of nitrogens with one attached hydrogen (secondary N) is 1. The molecule has 1 aliphatic rings. The minimum Gasteiger partial charge on any atom is -0.497 e. The van der Waals surface area contributed by atoms with Crippen LogP contribution in [-0.4, -0.2) is 18.9 Å². The molecule has 5 nitrogen and oxygen atoms in total. The van der Waals surface area contributed by atoms with Crippen molar-refractivity contribution in [1.82, 2.24) is 5.32 Å². The molecule has 0 atom stereocenters. The molecule has 18 heavy (non-hydrogen) atoms. The molecule has 0 radical (unpaired) electrons. The number of carbonyl (C=O) groups excluding carboxylic acids is 2. The first-order valence-electron chi connectivity index (χ1n) is 5.31. The molecule has 0 unspecified atom stereocenters. The van der Waals surface area contributed by atoms with Gasteiger partial charge in [0.05, 0.1) is 18.9 Å². The molecule has 2 heterocycles. The van der Waals surface area contributed by atoms with Gasteiger partial charge in [-0.2, -0.15) is 0 Å². The number of imide groups is 1. The van der Waals surface area contributed by atoms with E-state index in [-0.39, 0.29) is 0 Å². The molecule has 90 valence electrons. The summed E-state index contributed by atoms with van der Waals surface area (Å²) in [5, 5.41) is 3.02. The molecule has 1 aromatic carbocycles. The summed E-state index contributed by atoms with van der Waals surface area (Å²) in [5.41, 5.74) is 1.41. The first kappa shape index (κ1) is 10.6. The fourth-order valence-electron chi connectivity index (χ4n) is 1.98. The highest BCUT2D eigenvalue weighted by Gasteiger charge is 2.25. The van der Waals surface area contributed by atoms with Crippen LogP contribution in [0.25, 0.3) is 16.5 Å². The van der Waals surface area contributed by atoms with E-state index in [4.69, 9.17) is 9.15 Å². The lowest BCUT2D eigenvalue weighted by Gasteiger charge is -2.05. The molecule has 0 fully saturated rings. The molecular weight excluding hydrogens is 234 g/mol. The topological polar surface area (TPSA) is 68.5 Å². The molecule has 2 aromatic rings. The molecular formula is C13H9NO4. The Balaban J connectivity index is 2.27. The quantitative estimate of drug-likeness (QED) is 0.811. The smallest absolute Gasteiger partial charge is 0.259 e. The highest BCUT2D eigenvalue weighted by atomic mass is 16.5. The highest BCUT2D eigenvalue weighted by Crippen LogP contribution is 2.32. The maximum Gasteiger partial charge on any atom is 0.259 e. The van der Waals surface area contributed by atoms with Crippen LogP contribution in [0.5, 0.6) is 5.75 Å². The van der Waals surface area contributed by atoms with E-state index in [2.05, 4.69) is 5.32 Å². The van der Waals surface area contributed by atoms with Crippen molar-refractivity contribution in [3.63, 3.8) is 0 Å². The van der Waals surface area contributed by atoms with Gasteiger partial charge in [0.2, 0.25) is 0 Å². The van der Waals surface area contributed by atoms with Gasteiger partial charge in [-0.05, 0) is 18.2 Å². The van der Waals surface area contributed by atoms with E-state index in [0.29, 0.717) is 22.5 Å². The summed E-state index contributed by atoms with van der Waals surface area (Å²) in [6.45, 7) is 0. The summed E-state index contributed by atoms with van der Waals surface area (Å²) in [7, 11) is 1.54. The average Bonchev–Trinajstić information content (AvgIpc) is 2.94. The van der Waals surface area contributed by atoms with Crippen molar-refractivity contribution in [3.8, 4) is 5.75 Å². The number of hydrogen-bond acceptors (Lipinski definition) is 4. The second-order valence-corrected chi connectivity index (χ2v) is 3.89. The van der Waals surface area contributed by atoms with Gasteiger partial charge in [-0.25, -0.2) is 0 Å². The summed E-state index contributed by atoms with van der Waals surface area (Å²) in [6.07, 6.45) is 2.79. The zero-order valence-electron chi connectivity index (χ0n) is 9.52. The van der Waals surface area contributed by atoms with Gasteiger partial charge in [-0.3, -0.25) is 14.9 Å². The maximum absolute atomic E-state index is 11.7. The first-order valence-corrected chi connectivity index (χ1v) is 5.31. The number of furan rings is 1. The van der Waals surface area contributed by atoms with Crippen LogP contribution in [-0.2, 0) is 9.59 Å². The Morgan fingerprint density at radius 1 is 1.28 bits per heavy atom. The Kier molecular flexibility index (Phi) is 2.19. The zero-order valence-corrected chi connectivity index (χ0v) is 9.52. The van der Waals surface area contributed by atoms with Gasteiger partial charge in [-0.15, -0.1) is 0 Å². The van der Waals surface area contributed by atoms with E-state index in [9.17, 15) is 9.59 Å². The molecule has 0 spiro atoms. The first-order chi connectivity index (χ1) is 8.69. The summed E-state index contributed by atoms with van der Waals surface area (Å²) in [4.78, 5) is 22.9. The Morgan fingerprint density at radius 2 is 2.11 bits per heavy atom. The normalized spacial score (nSPS) is 14.8. The average molecular weight is 243 g/mol. The van der Waals surface area contributed by atoms with Crippen molar-refractivity contribution >= 4 is 28.4 Å². The van der Waals surface area contributed by atoms with Crippen molar-refractivity contribution in [1.29, 1.82) is 0 Å². The number of carbonyl (C=O) groups is 2. The Morgan fingerprint density at radius 3 is 2.78 bits per heavy atom. The summed E-state index contributed by atoms with van der Waals surface area (Å²) >= 11 is 0. The minimum atomic E-state index is -0.425. The van der Waals surface area contributed by atoms with Crippen LogP contribution in [0.1, 0.15) is 5.56 Å². The number of amides is 2. The number of fused-ring (bicyclic) bond motifs is 1. The monoisotopic (exact) mass is 243 g/mol. The molecule has 3 rings (SSSR count). The van der Waals surface area contributed by atoms with Crippen LogP contribution < -0.4 is 10.1 Å². The van der Waals surface area contributed by atoms with Gasteiger partial charge >= 0.3 is 0 Å². The van der Waals surface area contributed by atoms with Gasteiger partial charge < -0.3 is 9.15 Å². The molecule has 0 saturated carbocycles. The van der Waals surface area contributed by atoms with Gasteiger partial charge in [0.25, 0.3) is 11.8 Å². The largest absolute Gasteiger partial charge is 0.497 e. The standard InChI is InChI=1S/C13H9NO4/c1-17-8-4-7-2-3-18-12(7)9(5-8)10-6-11(15)14-13(10)16/h2-6H,1H3,(H,14,15,16). The second-order valence-electron chi connectivity index (χ2n) is 3.89. The van der Waals surface area contributed by atoms with Gasteiger partial charge in [0.1, 0.15) is 11.3 Å². The van der Waals surface area contributed by atoms with E-state index in [1.807, 2.05) is 0 Å². The SMILES string of the molecule is COc1cc(C2=CC(=O)NC2=O)c2occc2c1. The lowest BCUT2D eigenvalue weighted by molar-refractivity contribution is -0.123. The highest BCUT2D eigenvalue weighted by molar-refractivity contribution is 6.34. The number of rotatable bonds is 2. The molecule has 0 bridgehead atoms. The van der Waals surface area contributed by atoms with Crippen molar-refractivity contribution in [2.45, 2.75) is 0 Å². The van der Waals surface area contributed by atoms with Crippen LogP contribution in [0, 0.1) is 0 Å². The van der Waals surface area contributed by atoms with Gasteiger partial charge in [0, 0.05) is 17.0 Å². The van der Waals surface area contributed by atoms with E-state index < -0.39 is 11.8 Å². The van der Waals surface area contributed by atoms with E-state index in [1.54, 1.807) is 25.3 Å². The molecule has 1 N–H and O–H groups in total. The number of ether oxygens (including phenoxy) is 1. The van der Waals surface area contributed by atoms with Crippen LogP contribution in [0.15, 0.2) is 35.0 Å². The second kappa shape index (κ2) is 3.73. The fourth-order valence-corrected chi connectivity index (χ4v) is 1.98. The van der Waals surface area contributed by atoms with E-state index >= 15 is 0 Å². The Bertz CT molecular complexity index is 696. The predicted molar refractivity (Wildman–Crippen MR) is 63.9 cm³/mol. The van der Waals surface area contributed by atoms with Crippen LogP contribution in [0.2, 0.25) is 0 Å². The summed E-state index contributed by atoms with van der Waals surface area (Å²) in [6, 6.07) is 5.25. The van der Waals surface area contributed by atoms with Gasteiger partial charge in [-0.1, -0.05) is 0 Å². The number of methoxy groups -OCH3 is 1. The molecule has 0 saturated heterocycles. The molecule has 0 aliphatic carbocycles. The van der Waals surface area contributed by atoms with Crippen LogP contribution in [0.4, 0.5) is 0 Å². The zero-order chi connectivity index (χ0) is 12.7. The third kappa shape index (κ3) is 1.48. The summed E-state index contributed by atoms with van der Waals surface area (Å²) < 4.78 is 10.5. The molecule has 5 heteroatoms. The lowest BCUT2D eigenvalue weighted by Crippen LogP contribution is -2.21. The van der Waals surface area contributed by atoms with Crippen molar-refractivity contribution < 1.29 is 18.7 Å². The molecule has 1 aliphatic heterocycles. The third-order valence-electron chi connectivity index (χ3n) is 2.81. The Hall–Kier alpha value is -2.56. The maximum atomic E-state index is 11.7. The van der Waals surface area contributed by atoms with E-state index in [1.165, 1.54) is 12.3 Å². The van der Waals surface area contributed by atoms with Crippen LogP contribution in [0.3, 0.4) is 0 Å². The number of hydrogen-bond donors (Lipinski definition) is 1. The van der Waals surface area contributed by atoms with Gasteiger partial charge in [0.15, 0.2) is 0 Å². The van der Waals surface area contributed by atoms with Crippen molar-refractivity contribution in [2.24, 2.45) is 0 Å². The summed E-state index contributed by atoms with van der Waals surface area (Å²) in [5.74, 6) is -0.240.